The van der Waals surface area contributed by atoms with E-state index < -0.39 is 0 Å². The lowest BCUT2D eigenvalue weighted by atomic mass is 10.0. The van der Waals surface area contributed by atoms with Crippen molar-refractivity contribution in [3.63, 3.8) is 0 Å². The zero-order valence-corrected chi connectivity index (χ0v) is 10.6. The molecule has 1 aliphatic rings. The molecule has 0 saturated carbocycles. The minimum absolute atomic E-state index is 0.0422. The van der Waals surface area contributed by atoms with Crippen molar-refractivity contribution in [1.29, 1.82) is 0 Å². The molecule has 88 valence electrons. The van der Waals surface area contributed by atoms with Crippen LogP contribution in [-0.2, 0) is 4.79 Å². The molecular weight excluding hydrogens is 208 g/mol. The fourth-order valence-electron chi connectivity index (χ4n) is 1.98. The molecular formula is C11H22N2OS. The van der Waals surface area contributed by atoms with Crippen LogP contribution < -0.4 is 5.73 Å². The van der Waals surface area contributed by atoms with Crippen LogP contribution in [0.2, 0.25) is 0 Å². The second kappa shape index (κ2) is 6.38. The summed E-state index contributed by atoms with van der Waals surface area (Å²) in [6.07, 6.45) is 1.95. The number of nitrogens with two attached hydrogens (primary N) is 1. The van der Waals surface area contributed by atoms with Crippen LogP contribution in [-0.4, -0.2) is 41.4 Å². The van der Waals surface area contributed by atoms with Gasteiger partial charge in [-0.05, 0) is 13.3 Å². The largest absolute Gasteiger partial charge is 0.338 e. The number of hydrogen-bond acceptors (Lipinski definition) is 3. The van der Waals surface area contributed by atoms with Crippen LogP contribution in [0.5, 0.6) is 0 Å². The first-order valence-corrected chi connectivity index (χ1v) is 6.94. The number of hydrogen-bond donors (Lipinski definition) is 1. The van der Waals surface area contributed by atoms with E-state index in [9.17, 15) is 4.79 Å². The third-order valence-electron chi connectivity index (χ3n) is 2.92. The van der Waals surface area contributed by atoms with Crippen LogP contribution in [0.15, 0.2) is 0 Å². The van der Waals surface area contributed by atoms with E-state index in [1.807, 2.05) is 16.7 Å². The normalized spacial score (nSPS) is 23.9. The van der Waals surface area contributed by atoms with Gasteiger partial charge in [-0.1, -0.05) is 13.3 Å². The minimum atomic E-state index is 0.0422. The van der Waals surface area contributed by atoms with Crippen molar-refractivity contribution in [3.05, 3.63) is 0 Å². The third-order valence-corrected chi connectivity index (χ3v) is 4.11. The fourth-order valence-corrected chi connectivity index (χ4v) is 2.99. The first-order chi connectivity index (χ1) is 7.20. The highest BCUT2D eigenvalue weighted by Gasteiger charge is 2.28. The highest BCUT2D eigenvalue weighted by Crippen LogP contribution is 2.19. The molecule has 0 aromatic carbocycles. The maximum Gasteiger partial charge on any atom is 0.227 e. The molecule has 15 heavy (non-hydrogen) atoms. The number of amides is 1. The summed E-state index contributed by atoms with van der Waals surface area (Å²) in [7, 11) is 0. The maximum absolute atomic E-state index is 12.2. The fraction of sp³-hybridized carbons (Fsp3) is 0.909. The van der Waals surface area contributed by atoms with Gasteiger partial charge in [0.15, 0.2) is 0 Å². The maximum atomic E-state index is 12.2. The number of rotatable bonds is 4. The van der Waals surface area contributed by atoms with Crippen molar-refractivity contribution in [2.45, 2.75) is 32.7 Å². The van der Waals surface area contributed by atoms with Gasteiger partial charge in [0, 0.05) is 30.6 Å². The topological polar surface area (TPSA) is 46.3 Å². The number of carbonyl (C=O) groups excluding carboxylic acids is 1. The van der Waals surface area contributed by atoms with Gasteiger partial charge < -0.3 is 10.6 Å². The van der Waals surface area contributed by atoms with E-state index in [0.717, 1.165) is 30.9 Å². The molecule has 1 heterocycles. The van der Waals surface area contributed by atoms with E-state index in [-0.39, 0.29) is 11.8 Å². The summed E-state index contributed by atoms with van der Waals surface area (Å²) >= 11 is 1.93. The van der Waals surface area contributed by atoms with E-state index in [0.29, 0.717) is 12.6 Å². The van der Waals surface area contributed by atoms with E-state index in [1.54, 1.807) is 0 Å². The highest BCUT2D eigenvalue weighted by molar-refractivity contribution is 7.99. The van der Waals surface area contributed by atoms with Crippen LogP contribution in [0.1, 0.15) is 26.7 Å². The van der Waals surface area contributed by atoms with Crippen LogP contribution in [0, 0.1) is 5.92 Å². The summed E-state index contributed by atoms with van der Waals surface area (Å²) in [5.41, 5.74) is 5.66. The Kier molecular flexibility index (Phi) is 5.47. The number of thioether (sulfide) groups is 1. The molecule has 1 aliphatic heterocycles. The molecule has 1 amide bonds. The average molecular weight is 230 g/mol. The third kappa shape index (κ3) is 3.38. The second-order valence-electron chi connectivity index (χ2n) is 4.18. The van der Waals surface area contributed by atoms with Crippen molar-refractivity contribution in [2.75, 3.05) is 24.6 Å². The van der Waals surface area contributed by atoms with Crippen molar-refractivity contribution in [1.82, 2.24) is 4.90 Å². The number of carbonyl (C=O) groups is 1. The quantitative estimate of drug-likeness (QED) is 0.792. The predicted molar refractivity (Wildman–Crippen MR) is 66.0 cm³/mol. The molecule has 3 nitrogen and oxygen atoms in total. The highest BCUT2D eigenvalue weighted by atomic mass is 32.2. The Morgan fingerprint density at radius 3 is 2.93 bits per heavy atom. The Bertz CT molecular complexity index is 211. The summed E-state index contributed by atoms with van der Waals surface area (Å²) in [6.45, 7) is 5.61. The van der Waals surface area contributed by atoms with Crippen LogP contribution in [0.25, 0.3) is 0 Å². The Hall–Kier alpha value is -0.220. The minimum Gasteiger partial charge on any atom is -0.338 e. The molecule has 1 fully saturated rings. The summed E-state index contributed by atoms with van der Waals surface area (Å²) in [6, 6.07) is 0.377. The molecule has 2 N–H and O–H groups in total. The molecule has 1 rings (SSSR count). The lowest BCUT2D eigenvalue weighted by molar-refractivity contribution is -0.137. The SMILES string of the molecule is CCCC(CN)C(=O)N1CCSCC1C. The lowest BCUT2D eigenvalue weighted by Crippen LogP contribution is -2.48. The van der Waals surface area contributed by atoms with Crippen molar-refractivity contribution >= 4 is 17.7 Å². The van der Waals surface area contributed by atoms with Crippen LogP contribution >= 0.6 is 11.8 Å². The van der Waals surface area contributed by atoms with Crippen molar-refractivity contribution in [2.24, 2.45) is 11.7 Å². The van der Waals surface area contributed by atoms with Crippen molar-refractivity contribution in [3.8, 4) is 0 Å². The van der Waals surface area contributed by atoms with E-state index >= 15 is 0 Å². The number of nitrogens with zero attached hydrogens (tertiary/aromatic N) is 1. The van der Waals surface area contributed by atoms with Gasteiger partial charge in [-0.15, -0.1) is 0 Å². The summed E-state index contributed by atoms with van der Waals surface area (Å²) in [5, 5.41) is 0. The molecule has 0 aliphatic carbocycles. The van der Waals surface area contributed by atoms with Gasteiger partial charge in [-0.25, -0.2) is 0 Å². The Balaban J connectivity index is 2.55. The average Bonchev–Trinajstić information content (AvgIpc) is 2.25. The van der Waals surface area contributed by atoms with Crippen molar-refractivity contribution < 1.29 is 4.79 Å². The van der Waals surface area contributed by atoms with Gasteiger partial charge in [-0.2, -0.15) is 11.8 Å². The molecule has 0 aromatic rings. The first kappa shape index (κ1) is 12.8. The van der Waals surface area contributed by atoms with Gasteiger partial charge in [-0.3, -0.25) is 4.79 Å². The zero-order valence-electron chi connectivity index (χ0n) is 9.74. The van der Waals surface area contributed by atoms with E-state index in [2.05, 4.69) is 13.8 Å². The lowest BCUT2D eigenvalue weighted by Gasteiger charge is -2.35. The van der Waals surface area contributed by atoms with Gasteiger partial charge in [0.1, 0.15) is 0 Å². The Labute approximate surface area is 96.8 Å². The van der Waals surface area contributed by atoms with Gasteiger partial charge in [0.25, 0.3) is 0 Å². The van der Waals surface area contributed by atoms with E-state index in [1.165, 1.54) is 0 Å². The second-order valence-corrected chi connectivity index (χ2v) is 5.33. The monoisotopic (exact) mass is 230 g/mol. The smallest absolute Gasteiger partial charge is 0.227 e. The van der Waals surface area contributed by atoms with Crippen LogP contribution in [0.4, 0.5) is 0 Å². The molecule has 0 radical (unpaired) electrons. The standard InChI is InChI=1S/C11H22N2OS/c1-3-4-10(7-12)11(14)13-5-6-15-8-9(13)2/h9-10H,3-8,12H2,1-2H3. The van der Waals surface area contributed by atoms with Gasteiger partial charge in [0.05, 0.1) is 5.92 Å². The molecule has 2 atom stereocenters. The molecule has 0 spiro atoms. The first-order valence-electron chi connectivity index (χ1n) is 5.79. The van der Waals surface area contributed by atoms with Gasteiger partial charge in [0.2, 0.25) is 5.91 Å². The Morgan fingerprint density at radius 1 is 1.67 bits per heavy atom. The summed E-state index contributed by atoms with van der Waals surface area (Å²) in [4.78, 5) is 14.2. The summed E-state index contributed by atoms with van der Waals surface area (Å²) < 4.78 is 0. The van der Waals surface area contributed by atoms with E-state index in [4.69, 9.17) is 5.73 Å². The van der Waals surface area contributed by atoms with Gasteiger partial charge >= 0.3 is 0 Å². The zero-order chi connectivity index (χ0) is 11.3. The van der Waals surface area contributed by atoms with Crippen LogP contribution in [0.3, 0.4) is 0 Å². The predicted octanol–water partition coefficient (Wildman–Crippen LogP) is 1.33. The molecule has 0 aromatic heterocycles. The molecule has 0 bridgehead atoms. The molecule has 2 unspecified atom stereocenters. The Morgan fingerprint density at radius 2 is 2.40 bits per heavy atom. The molecule has 4 heteroatoms. The molecule has 1 saturated heterocycles. The summed E-state index contributed by atoms with van der Waals surface area (Å²) in [5.74, 6) is 2.45.